The van der Waals surface area contributed by atoms with Crippen molar-refractivity contribution in [3.05, 3.63) is 47.6 Å². The fraction of sp³-hybridized carbons (Fsp3) is 0.263. The number of pyridine rings is 1. The maximum absolute atomic E-state index is 13.1. The number of anilines is 1. The predicted molar refractivity (Wildman–Crippen MR) is 102 cm³/mol. The first-order chi connectivity index (χ1) is 13.0. The van der Waals surface area contributed by atoms with Crippen molar-refractivity contribution in [3.8, 4) is 11.5 Å². The number of nitrogens with one attached hydrogen (secondary N) is 1. The van der Waals surface area contributed by atoms with Gasteiger partial charge in [0.05, 0.1) is 34.3 Å². The lowest BCUT2D eigenvalue weighted by Gasteiger charge is -2.08. The number of rotatable bonds is 4. The molecule has 0 radical (unpaired) electrons. The number of amides is 1. The minimum atomic E-state index is -0.231. The molecular weight excluding hydrogens is 344 g/mol. The lowest BCUT2D eigenvalue weighted by atomic mass is 10.1. The average molecular weight is 364 g/mol. The van der Waals surface area contributed by atoms with Gasteiger partial charge >= 0.3 is 0 Å². The number of furan rings is 1. The zero-order chi connectivity index (χ0) is 19.1. The molecule has 0 saturated carbocycles. The molecule has 1 N–H and O–H groups in total. The van der Waals surface area contributed by atoms with Crippen molar-refractivity contribution in [2.24, 2.45) is 7.05 Å². The smallest absolute Gasteiger partial charge is 0.256 e. The Balaban J connectivity index is 1.83. The van der Waals surface area contributed by atoms with Crippen molar-refractivity contribution in [2.75, 3.05) is 5.32 Å². The molecule has 27 heavy (non-hydrogen) atoms. The van der Waals surface area contributed by atoms with Crippen LogP contribution in [0.1, 0.15) is 28.7 Å². The Morgan fingerprint density at radius 1 is 1.26 bits per heavy atom. The van der Waals surface area contributed by atoms with Gasteiger partial charge in [0.25, 0.3) is 5.91 Å². The lowest BCUT2D eigenvalue weighted by Crippen LogP contribution is -2.13. The van der Waals surface area contributed by atoms with E-state index in [2.05, 4.69) is 20.5 Å². The van der Waals surface area contributed by atoms with Gasteiger partial charge in [-0.3, -0.25) is 14.2 Å². The summed E-state index contributed by atoms with van der Waals surface area (Å²) >= 11 is 0. The first-order valence-corrected chi connectivity index (χ1v) is 8.71. The average Bonchev–Trinajstić information content (AvgIpc) is 3.36. The summed E-state index contributed by atoms with van der Waals surface area (Å²) in [5.74, 6) is 0.366. The number of aryl methyl sites for hydroxylation is 4. The van der Waals surface area contributed by atoms with E-state index in [1.54, 1.807) is 27.8 Å². The fourth-order valence-electron chi connectivity index (χ4n) is 3.17. The predicted octanol–water partition coefficient (Wildman–Crippen LogP) is 3.31. The van der Waals surface area contributed by atoms with Crippen LogP contribution >= 0.6 is 0 Å². The highest BCUT2D eigenvalue weighted by molar-refractivity contribution is 6.13. The second-order valence-electron chi connectivity index (χ2n) is 6.38. The van der Waals surface area contributed by atoms with E-state index in [0.717, 1.165) is 23.3 Å². The maximum atomic E-state index is 13.1. The van der Waals surface area contributed by atoms with Crippen LogP contribution in [0.2, 0.25) is 0 Å². The van der Waals surface area contributed by atoms with Gasteiger partial charge in [0.2, 0.25) is 0 Å². The molecule has 4 aromatic rings. The Morgan fingerprint density at radius 3 is 2.74 bits per heavy atom. The van der Waals surface area contributed by atoms with Crippen molar-refractivity contribution in [1.29, 1.82) is 0 Å². The minimum absolute atomic E-state index is 0.231. The Hall–Kier alpha value is -3.42. The molecule has 0 fully saturated rings. The normalized spacial score (nSPS) is 11.3. The van der Waals surface area contributed by atoms with Crippen LogP contribution in [0.5, 0.6) is 0 Å². The van der Waals surface area contributed by atoms with E-state index in [-0.39, 0.29) is 5.91 Å². The van der Waals surface area contributed by atoms with Crippen LogP contribution < -0.4 is 5.32 Å². The molecule has 0 atom stereocenters. The van der Waals surface area contributed by atoms with Gasteiger partial charge in [0.1, 0.15) is 5.69 Å². The van der Waals surface area contributed by atoms with Crippen molar-refractivity contribution in [3.63, 3.8) is 0 Å². The summed E-state index contributed by atoms with van der Waals surface area (Å²) in [6, 6.07) is 5.34. The van der Waals surface area contributed by atoms with E-state index in [0.29, 0.717) is 28.4 Å². The molecule has 0 aliphatic rings. The Kier molecular flexibility index (Phi) is 4.02. The van der Waals surface area contributed by atoms with Crippen molar-refractivity contribution in [1.82, 2.24) is 24.5 Å². The van der Waals surface area contributed by atoms with Crippen LogP contribution in [-0.4, -0.2) is 30.5 Å². The van der Waals surface area contributed by atoms with Crippen LogP contribution in [0.4, 0.5) is 5.69 Å². The van der Waals surface area contributed by atoms with Crippen molar-refractivity contribution >= 4 is 22.6 Å². The number of hydrogen-bond donors (Lipinski definition) is 1. The molecular formula is C19H20N6O2. The molecule has 0 aliphatic carbocycles. The first-order valence-electron chi connectivity index (χ1n) is 8.71. The lowest BCUT2D eigenvalue weighted by molar-refractivity contribution is 0.102. The topological polar surface area (TPSA) is 90.8 Å². The molecule has 4 aromatic heterocycles. The summed E-state index contributed by atoms with van der Waals surface area (Å²) in [5.41, 5.74) is 3.92. The highest BCUT2D eigenvalue weighted by Crippen LogP contribution is 2.28. The molecule has 4 rings (SSSR count). The number of nitrogens with zero attached hydrogens (tertiary/aromatic N) is 5. The Labute approximate surface area is 155 Å². The first kappa shape index (κ1) is 17.0. The van der Waals surface area contributed by atoms with Gasteiger partial charge in [-0.2, -0.15) is 10.2 Å². The third-order valence-electron chi connectivity index (χ3n) is 4.51. The molecule has 8 nitrogen and oxygen atoms in total. The fourth-order valence-corrected chi connectivity index (χ4v) is 3.17. The summed E-state index contributed by atoms with van der Waals surface area (Å²) in [6.45, 7) is 6.47. The molecule has 0 saturated heterocycles. The number of fused-ring (bicyclic) bond motifs is 1. The largest absolute Gasteiger partial charge is 0.463 e. The van der Waals surface area contributed by atoms with Crippen LogP contribution in [0, 0.1) is 13.8 Å². The van der Waals surface area contributed by atoms with Crippen LogP contribution in [0.25, 0.3) is 22.5 Å². The minimum Gasteiger partial charge on any atom is -0.463 e. The SMILES string of the molecule is CCn1cc(NC(=O)c2cc(-c3ccco3)nc3c2c(C)nn3C)c(C)n1. The van der Waals surface area contributed by atoms with Gasteiger partial charge < -0.3 is 9.73 Å². The van der Waals surface area contributed by atoms with E-state index in [9.17, 15) is 4.79 Å². The molecule has 0 aliphatic heterocycles. The summed E-state index contributed by atoms with van der Waals surface area (Å²) in [7, 11) is 1.81. The summed E-state index contributed by atoms with van der Waals surface area (Å²) in [6.07, 6.45) is 3.41. The standard InChI is InChI=1S/C19H20N6O2/c1-5-25-10-15(11(2)23-25)21-19(26)13-9-14(16-7-6-8-27-16)20-18-17(13)12(3)22-24(18)4/h6-10H,5H2,1-4H3,(H,21,26). The van der Waals surface area contributed by atoms with E-state index in [4.69, 9.17) is 4.42 Å². The molecule has 0 aromatic carbocycles. The summed E-state index contributed by atoms with van der Waals surface area (Å²) in [5, 5.41) is 12.5. The third-order valence-corrected chi connectivity index (χ3v) is 4.51. The second kappa shape index (κ2) is 6.39. The number of carbonyl (C=O) groups excluding carboxylic acids is 1. The number of carbonyl (C=O) groups is 1. The van der Waals surface area contributed by atoms with E-state index < -0.39 is 0 Å². The van der Waals surface area contributed by atoms with Crippen molar-refractivity contribution < 1.29 is 9.21 Å². The quantitative estimate of drug-likeness (QED) is 0.600. The number of hydrogen-bond acceptors (Lipinski definition) is 5. The van der Waals surface area contributed by atoms with Gasteiger partial charge in [0, 0.05) is 19.8 Å². The maximum Gasteiger partial charge on any atom is 0.256 e. The van der Waals surface area contributed by atoms with Crippen LogP contribution in [0.15, 0.2) is 35.1 Å². The Bertz CT molecular complexity index is 1140. The molecule has 1 amide bonds. The van der Waals surface area contributed by atoms with E-state index in [1.807, 2.05) is 40.1 Å². The zero-order valence-corrected chi connectivity index (χ0v) is 15.6. The van der Waals surface area contributed by atoms with Gasteiger partial charge in [-0.25, -0.2) is 4.98 Å². The monoisotopic (exact) mass is 364 g/mol. The van der Waals surface area contributed by atoms with Gasteiger partial charge in [-0.15, -0.1) is 0 Å². The van der Waals surface area contributed by atoms with Gasteiger partial charge in [-0.05, 0) is 39.0 Å². The van der Waals surface area contributed by atoms with Gasteiger partial charge in [0.15, 0.2) is 11.4 Å². The van der Waals surface area contributed by atoms with E-state index in [1.165, 1.54) is 0 Å². The van der Waals surface area contributed by atoms with Crippen molar-refractivity contribution in [2.45, 2.75) is 27.3 Å². The third kappa shape index (κ3) is 2.88. The molecule has 0 bridgehead atoms. The number of aromatic nitrogens is 5. The van der Waals surface area contributed by atoms with Crippen LogP contribution in [0.3, 0.4) is 0 Å². The zero-order valence-electron chi connectivity index (χ0n) is 15.6. The molecule has 8 heteroatoms. The molecule has 0 spiro atoms. The van der Waals surface area contributed by atoms with Gasteiger partial charge in [-0.1, -0.05) is 0 Å². The highest BCUT2D eigenvalue weighted by atomic mass is 16.3. The molecule has 0 unspecified atom stereocenters. The van der Waals surface area contributed by atoms with Crippen LogP contribution in [-0.2, 0) is 13.6 Å². The molecule has 4 heterocycles. The summed E-state index contributed by atoms with van der Waals surface area (Å²) in [4.78, 5) is 17.8. The highest BCUT2D eigenvalue weighted by Gasteiger charge is 2.21. The van der Waals surface area contributed by atoms with E-state index >= 15 is 0 Å². The summed E-state index contributed by atoms with van der Waals surface area (Å²) < 4.78 is 8.93. The second-order valence-corrected chi connectivity index (χ2v) is 6.38. The Morgan fingerprint density at radius 2 is 2.07 bits per heavy atom. The molecule has 138 valence electrons.